The van der Waals surface area contributed by atoms with Gasteiger partial charge in [0.05, 0.1) is 26.0 Å². The van der Waals surface area contributed by atoms with Crippen LogP contribution in [0.2, 0.25) is 0 Å². The monoisotopic (exact) mass is 688 g/mol. The second-order valence-electron chi connectivity index (χ2n) is 12.8. The maximum atomic E-state index is 13.9. The number of nitrogen functional groups attached to an aromatic ring is 1. The van der Waals surface area contributed by atoms with Gasteiger partial charge in [-0.2, -0.15) is 0 Å². The molecular formula is C36H34F2N4O8. The highest BCUT2D eigenvalue weighted by Crippen LogP contribution is 2.49. The van der Waals surface area contributed by atoms with Crippen LogP contribution in [-0.2, 0) is 15.8 Å². The highest BCUT2D eigenvalue weighted by atomic mass is 19.3. The zero-order valence-electron chi connectivity index (χ0n) is 27.1. The number of alkyl halides is 2. The number of anilines is 1. The van der Waals surface area contributed by atoms with E-state index in [1.807, 2.05) is 0 Å². The molecule has 0 spiro atoms. The molecule has 0 unspecified atom stereocenters. The maximum absolute atomic E-state index is 13.9. The molecule has 2 amide bonds. The molecule has 0 radical (unpaired) electrons. The third-order valence-electron chi connectivity index (χ3n) is 9.23. The van der Waals surface area contributed by atoms with Gasteiger partial charge in [0.25, 0.3) is 5.91 Å². The van der Waals surface area contributed by atoms with Crippen molar-refractivity contribution in [2.24, 2.45) is 11.7 Å². The summed E-state index contributed by atoms with van der Waals surface area (Å²) in [5.41, 5.74) is 10.2. The minimum atomic E-state index is -3.86. The molecule has 3 aliphatic rings. The number of aromatic nitrogens is 1. The highest BCUT2D eigenvalue weighted by molar-refractivity contribution is 5.96. The van der Waals surface area contributed by atoms with Gasteiger partial charge in [-0.3, -0.25) is 9.59 Å². The number of fused-ring (bicyclic) bond motifs is 2. The predicted molar refractivity (Wildman–Crippen MR) is 175 cm³/mol. The number of aliphatic hydroxyl groups is 1. The summed E-state index contributed by atoms with van der Waals surface area (Å²) in [5.74, 6) is -0.532. The zero-order valence-corrected chi connectivity index (χ0v) is 27.1. The number of hydrogen-bond donors (Lipinski definition) is 4. The second-order valence-corrected chi connectivity index (χ2v) is 12.8. The molecule has 0 bridgehead atoms. The lowest BCUT2D eigenvalue weighted by atomic mass is 9.80. The number of carbonyl (C=O) groups excluding carboxylic acids is 2. The summed E-state index contributed by atoms with van der Waals surface area (Å²) < 4.78 is 54.3. The molecule has 1 aliphatic carbocycles. The minimum absolute atomic E-state index is 0.0158. The van der Waals surface area contributed by atoms with Crippen molar-refractivity contribution in [1.82, 2.24) is 10.3 Å². The van der Waals surface area contributed by atoms with Gasteiger partial charge >= 0.3 is 6.29 Å². The molecule has 3 aromatic carbocycles. The number of nitrogens with zero attached hydrogens (tertiary/aromatic N) is 1. The van der Waals surface area contributed by atoms with Crippen LogP contribution in [0.1, 0.15) is 46.9 Å². The molecule has 12 nitrogen and oxygen atoms in total. The summed E-state index contributed by atoms with van der Waals surface area (Å²) in [4.78, 5) is 31.3. The Morgan fingerprint density at radius 2 is 1.78 bits per heavy atom. The normalized spacial score (nSPS) is 19.5. The Labute approximate surface area is 285 Å². The summed E-state index contributed by atoms with van der Waals surface area (Å²) in [5, 5.41) is 15.4. The molecular weight excluding hydrogens is 654 g/mol. The van der Waals surface area contributed by atoms with Gasteiger partial charge < -0.3 is 45.6 Å². The van der Waals surface area contributed by atoms with E-state index in [1.54, 1.807) is 37.3 Å². The van der Waals surface area contributed by atoms with Gasteiger partial charge in [-0.15, -0.1) is 8.78 Å². The van der Waals surface area contributed by atoms with Crippen molar-refractivity contribution in [1.29, 1.82) is 0 Å². The fourth-order valence-corrected chi connectivity index (χ4v) is 5.97. The van der Waals surface area contributed by atoms with Crippen LogP contribution in [0.15, 0.2) is 66.7 Å². The molecule has 260 valence electrons. The predicted octanol–water partition coefficient (Wildman–Crippen LogP) is 4.25. The van der Waals surface area contributed by atoms with Crippen molar-refractivity contribution >= 4 is 17.5 Å². The van der Waals surface area contributed by atoms with E-state index in [2.05, 4.69) is 14.8 Å². The Kier molecular flexibility index (Phi) is 7.93. The average Bonchev–Trinajstić information content (AvgIpc) is 3.79. The fraction of sp³-hybridized carbons (Fsp3) is 0.306. The van der Waals surface area contributed by atoms with E-state index in [-0.39, 0.29) is 57.8 Å². The number of methoxy groups -OCH3 is 1. The topological polar surface area (TPSA) is 177 Å². The second kappa shape index (κ2) is 12.1. The Morgan fingerprint density at radius 1 is 1.06 bits per heavy atom. The van der Waals surface area contributed by atoms with Gasteiger partial charge in [0.1, 0.15) is 46.3 Å². The molecule has 1 fully saturated rings. The van der Waals surface area contributed by atoms with E-state index in [0.717, 1.165) is 12.8 Å². The van der Waals surface area contributed by atoms with Crippen molar-refractivity contribution in [3.8, 4) is 40.0 Å². The number of primary amides is 1. The van der Waals surface area contributed by atoms with Gasteiger partial charge in [-0.25, -0.2) is 4.98 Å². The molecule has 4 aromatic rings. The molecule has 2 aliphatic heterocycles. The lowest BCUT2D eigenvalue weighted by Crippen LogP contribution is -2.43. The molecule has 50 heavy (non-hydrogen) atoms. The number of benzene rings is 3. The van der Waals surface area contributed by atoms with E-state index in [0.29, 0.717) is 29.4 Å². The molecule has 7 rings (SSSR count). The molecule has 6 N–H and O–H groups in total. The Morgan fingerprint density at radius 3 is 2.48 bits per heavy atom. The van der Waals surface area contributed by atoms with Crippen molar-refractivity contribution < 1.29 is 47.2 Å². The summed E-state index contributed by atoms with van der Waals surface area (Å²) in [6.07, 6.45) is -1.74. The highest BCUT2D eigenvalue weighted by Gasteiger charge is 2.47. The number of nitrogens with two attached hydrogens (primary N) is 2. The quantitative estimate of drug-likeness (QED) is 0.167. The molecule has 3 heterocycles. The van der Waals surface area contributed by atoms with Gasteiger partial charge in [-0.1, -0.05) is 30.3 Å². The number of nitrogens with one attached hydrogen (secondary N) is 1. The van der Waals surface area contributed by atoms with Crippen LogP contribution in [0.4, 0.5) is 14.5 Å². The first-order valence-electron chi connectivity index (χ1n) is 15.9. The van der Waals surface area contributed by atoms with Crippen LogP contribution in [0.5, 0.6) is 28.7 Å². The summed E-state index contributed by atoms with van der Waals surface area (Å²) >= 11 is 0. The Bertz CT molecular complexity index is 2010. The SMILES string of the molecule is COc1cc(C(=O)NC[C@@](O)(c2ccccc2)c2cc3c(c(-c4ccc5c(c4)OC(F)(F)O5)n2)OC[C@]3(C)C(N)=O)cc(OCC2CC2)c1N. The molecule has 14 heteroatoms. The summed E-state index contributed by atoms with van der Waals surface area (Å²) in [6, 6.07) is 17.0. The Hall–Kier alpha value is -5.63. The van der Waals surface area contributed by atoms with Crippen molar-refractivity contribution in [2.45, 2.75) is 37.1 Å². The lowest BCUT2D eigenvalue weighted by molar-refractivity contribution is -0.286. The first-order chi connectivity index (χ1) is 23.8. The van der Waals surface area contributed by atoms with Crippen molar-refractivity contribution in [3.05, 3.63) is 89.1 Å². The number of ether oxygens (including phenoxy) is 5. The molecule has 1 saturated carbocycles. The summed E-state index contributed by atoms with van der Waals surface area (Å²) in [7, 11) is 1.43. The van der Waals surface area contributed by atoms with Crippen LogP contribution >= 0.6 is 0 Å². The van der Waals surface area contributed by atoms with Gasteiger partial charge in [0.15, 0.2) is 11.5 Å². The van der Waals surface area contributed by atoms with Gasteiger partial charge in [0.2, 0.25) is 5.91 Å². The third-order valence-corrected chi connectivity index (χ3v) is 9.23. The van der Waals surface area contributed by atoms with Gasteiger partial charge in [0, 0.05) is 16.7 Å². The van der Waals surface area contributed by atoms with Crippen molar-refractivity contribution in [3.63, 3.8) is 0 Å². The third kappa shape index (κ3) is 5.85. The summed E-state index contributed by atoms with van der Waals surface area (Å²) in [6.45, 7) is 1.52. The zero-order chi connectivity index (χ0) is 35.4. The molecule has 0 saturated heterocycles. The van der Waals surface area contributed by atoms with Gasteiger partial charge in [-0.05, 0) is 67.6 Å². The molecule has 1 aromatic heterocycles. The first-order valence-corrected chi connectivity index (χ1v) is 15.9. The van der Waals surface area contributed by atoms with E-state index < -0.39 is 35.7 Å². The minimum Gasteiger partial charge on any atom is -0.494 e. The van der Waals surface area contributed by atoms with Crippen LogP contribution < -0.4 is 40.5 Å². The Balaban J connectivity index is 1.30. The lowest BCUT2D eigenvalue weighted by Gasteiger charge is -2.30. The average molecular weight is 689 g/mol. The van der Waals surface area contributed by atoms with Crippen LogP contribution in [0.3, 0.4) is 0 Å². The number of amides is 2. The van der Waals surface area contributed by atoms with Crippen LogP contribution in [-0.4, -0.2) is 55.1 Å². The standard InChI is InChI=1S/C36H34F2N4O8/c1-34(33(40)44)18-48-31-23(34)15-28(42-30(31)20-10-11-24-25(12-20)50-36(37,38)49-24)35(45,22-6-4-3-5-7-22)17-41-32(43)21-13-26(46-2)29(39)27(14-21)47-16-19-8-9-19/h3-7,10-15,19,45H,8-9,16-18,39H2,1-2H3,(H2,40,44)(H,41,43)/t34-,35+/m0/s1. The molecule has 2 atom stereocenters. The number of carbonyl (C=O) groups is 2. The first kappa shape index (κ1) is 32.9. The number of hydrogen-bond acceptors (Lipinski definition) is 10. The maximum Gasteiger partial charge on any atom is 0.586 e. The van der Waals surface area contributed by atoms with E-state index in [9.17, 15) is 23.5 Å². The van der Waals surface area contributed by atoms with E-state index in [1.165, 1.54) is 43.5 Å². The number of halogens is 2. The smallest absolute Gasteiger partial charge is 0.494 e. The van der Waals surface area contributed by atoms with Crippen LogP contribution in [0, 0.1) is 5.92 Å². The van der Waals surface area contributed by atoms with E-state index >= 15 is 0 Å². The van der Waals surface area contributed by atoms with E-state index in [4.69, 9.17) is 30.7 Å². The largest absolute Gasteiger partial charge is 0.586 e. The fourth-order valence-electron chi connectivity index (χ4n) is 5.97. The van der Waals surface area contributed by atoms with Crippen LogP contribution in [0.25, 0.3) is 11.3 Å². The number of pyridine rings is 1. The number of rotatable bonds is 11. The van der Waals surface area contributed by atoms with Crippen molar-refractivity contribution in [2.75, 3.05) is 32.6 Å².